The normalized spacial score (nSPS) is 36.2. The maximum atomic E-state index is 9.73. The van der Waals surface area contributed by atoms with Crippen LogP contribution in [0, 0.1) is 5.92 Å². The van der Waals surface area contributed by atoms with Gasteiger partial charge in [0.25, 0.3) is 0 Å². The summed E-state index contributed by atoms with van der Waals surface area (Å²) in [7, 11) is 0. The largest absolute Gasteiger partial charge is 0.390 e. The van der Waals surface area contributed by atoms with Crippen LogP contribution in [0.15, 0.2) is 0 Å². The number of hydrogen-bond acceptors (Lipinski definition) is 4. The maximum absolute atomic E-state index is 9.73. The Labute approximate surface area is 78.8 Å². The summed E-state index contributed by atoms with van der Waals surface area (Å²) in [5.74, 6) is -0.908. The summed E-state index contributed by atoms with van der Waals surface area (Å²) < 4.78 is 0. The highest BCUT2D eigenvalue weighted by Crippen LogP contribution is 2.12. The van der Waals surface area contributed by atoms with Crippen molar-refractivity contribution in [3.05, 3.63) is 0 Å². The van der Waals surface area contributed by atoms with Gasteiger partial charge in [-0.1, -0.05) is 13.8 Å². The summed E-state index contributed by atoms with van der Waals surface area (Å²) in [5, 5.41) is 24.5. The minimum absolute atomic E-state index is 0. The van der Waals surface area contributed by atoms with Gasteiger partial charge in [0, 0.05) is 19.0 Å². The lowest BCUT2D eigenvalue weighted by atomic mass is 10.1. The lowest BCUT2D eigenvalue weighted by Crippen LogP contribution is -2.67. The molecule has 0 aromatic heterocycles. The first-order valence-electron chi connectivity index (χ1n) is 3.95. The summed E-state index contributed by atoms with van der Waals surface area (Å²) in [6.07, 6.45) is -0.394. The molecule has 1 aliphatic rings. The van der Waals surface area contributed by atoms with E-state index in [9.17, 15) is 5.11 Å². The van der Waals surface area contributed by atoms with E-state index < -0.39 is 12.0 Å². The first-order chi connectivity index (χ1) is 5.04. The molecule has 0 spiro atoms. The zero-order chi connectivity index (χ0) is 8.48. The van der Waals surface area contributed by atoms with Crippen LogP contribution in [-0.4, -0.2) is 35.3 Å². The Balaban J connectivity index is 0.00000121. The van der Waals surface area contributed by atoms with Gasteiger partial charge >= 0.3 is 0 Å². The SMILES string of the molecule is CC(C)C1(O)NCC(O)CN1.Cl. The van der Waals surface area contributed by atoms with Gasteiger partial charge in [-0.15, -0.1) is 12.4 Å². The van der Waals surface area contributed by atoms with E-state index >= 15 is 0 Å². The highest BCUT2D eigenvalue weighted by atomic mass is 35.5. The number of aliphatic hydroxyl groups excluding tert-OH is 1. The number of halogens is 1. The predicted molar refractivity (Wildman–Crippen MR) is 49.0 cm³/mol. The van der Waals surface area contributed by atoms with Crippen molar-refractivity contribution < 1.29 is 10.2 Å². The van der Waals surface area contributed by atoms with Gasteiger partial charge in [-0.05, 0) is 0 Å². The molecule has 0 aromatic rings. The Morgan fingerprint density at radius 1 is 1.33 bits per heavy atom. The number of aliphatic hydroxyl groups is 2. The molecular weight excluding hydrogens is 180 g/mol. The van der Waals surface area contributed by atoms with Crippen molar-refractivity contribution in [2.24, 2.45) is 5.92 Å². The van der Waals surface area contributed by atoms with E-state index in [-0.39, 0.29) is 18.3 Å². The van der Waals surface area contributed by atoms with Crippen LogP contribution in [0.4, 0.5) is 0 Å². The third-order valence-corrected chi connectivity index (χ3v) is 2.05. The number of rotatable bonds is 1. The van der Waals surface area contributed by atoms with Crippen molar-refractivity contribution >= 4 is 12.4 Å². The van der Waals surface area contributed by atoms with Crippen molar-refractivity contribution in [2.75, 3.05) is 13.1 Å². The van der Waals surface area contributed by atoms with E-state index in [1.54, 1.807) is 0 Å². The summed E-state index contributed by atoms with van der Waals surface area (Å²) in [6.45, 7) is 4.72. The van der Waals surface area contributed by atoms with Crippen molar-refractivity contribution in [1.82, 2.24) is 10.6 Å². The summed E-state index contributed by atoms with van der Waals surface area (Å²) in [6, 6.07) is 0. The molecule has 12 heavy (non-hydrogen) atoms. The van der Waals surface area contributed by atoms with Crippen LogP contribution in [-0.2, 0) is 0 Å². The Morgan fingerprint density at radius 3 is 2.08 bits per heavy atom. The Morgan fingerprint density at radius 2 is 1.75 bits per heavy atom. The second kappa shape index (κ2) is 4.39. The summed E-state index contributed by atoms with van der Waals surface area (Å²) in [4.78, 5) is 0. The third kappa shape index (κ3) is 2.57. The van der Waals surface area contributed by atoms with Crippen molar-refractivity contribution in [3.8, 4) is 0 Å². The van der Waals surface area contributed by atoms with Crippen LogP contribution >= 0.6 is 12.4 Å². The standard InChI is InChI=1S/C7H16N2O2.ClH/c1-5(2)7(11)8-3-6(10)4-9-7;/h5-6,8-11H,3-4H2,1-2H3;1H. The van der Waals surface area contributed by atoms with Crippen molar-refractivity contribution in [1.29, 1.82) is 0 Å². The molecule has 4 nitrogen and oxygen atoms in total. The van der Waals surface area contributed by atoms with E-state index in [1.165, 1.54) is 0 Å². The highest BCUT2D eigenvalue weighted by Gasteiger charge is 2.34. The van der Waals surface area contributed by atoms with Gasteiger partial charge in [-0.25, -0.2) is 0 Å². The molecule has 0 amide bonds. The van der Waals surface area contributed by atoms with Crippen molar-refractivity contribution in [3.63, 3.8) is 0 Å². The fourth-order valence-corrected chi connectivity index (χ4v) is 1.09. The van der Waals surface area contributed by atoms with Gasteiger partial charge in [0.05, 0.1) is 6.10 Å². The first-order valence-corrected chi connectivity index (χ1v) is 3.95. The molecule has 0 aromatic carbocycles. The van der Waals surface area contributed by atoms with Crippen LogP contribution in [0.1, 0.15) is 13.8 Å². The lowest BCUT2D eigenvalue weighted by molar-refractivity contribution is -0.0996. The second-order valence-corrected chi connectivity index (χ2v) is 3.34. The molecule has 0 radical (unpaired) electrons. The quantitative estimate of drug-likeness (QED) is 0.447. The highest BCUT2D eigenvalue weighted by molar-refractivity contribution is 5.85. The first kappa shape index (κ1) is 12.1. The number of nitrogens with one attached hydrogen (secondary N) is 2. The van der Waals surface area contributed by atoms with Crippen molar-refractivity contribution in [2.45, 2.75) is 25.8 Å². The van der Waals surface area contributed by atoms with Crippen LogP contribution < -0.4 is 10.6 Å². The minimum Gasteiger partial charge on any atom is -0.390 e. The topological polar surface area (TPSA) is 64.5 Å². The summed E-state index contributed by atoms with van der Waals surface area (Å²) in [5.41, 5.74) is 0. The Hall–Kier alpha value is 0.130. The number of β-amino-alcohol motifs (C(OH)–C–C–N with tert-alkyl or cyclic N) is 1. The smallest absolute Gasteiger partial charge is 0.174 e. The molecule has 1 saturated heterocycles. The minimum atomic E-state index is -1.00. The molecule has 5 heteroatoms. The van der Waals surface area contributed by atoms with Gasteiger partial charge < -0.3 is 10.2 Å². The molecule has 1 rings (SSSR count). The molecule has 0 aliphatic carbocycles. The van der Waals surface area contributed by atoms with E-state index in [1.807, 2.05) is 13.8 Å². The fourth-order valence-electron chi connectivity index (χ4n) is 1.09. The molecule has 1 heterocycles. The molecular formula is C7H17ClN2O2. The van der Waals surface area contributed by atoms with Gasteiger partial charge in [0.2, 0.25) is 0 Å². The summed E-state index contributed by atoms with van der Waals surface area (Å²) >= 11 is 0. The van der Waals surface area contributed by atoms with Crippen LogP contribution in [0.2, 0.25) is 0 Å². The van der Waals surface area contributed by atoms with E-state index in [4.69, 9.17) is 5.11 Å². The van der Waals surface area contributed by atoms with Gasteiger partial charge in [0.1, 0.15) is 0 Å². The molecule has 1 aliphatic heterocycles. The second-order valence-electron chi connectivity index (χ2n) is 3.34. The van der Waals surface area contributed by atoms with Gasteiger partial charge in [-0.3, -0.25) is 10.6 Å². The fraction of sp³-hybridized carbons (Fsp3) is 1.00. The van der Waals surface area contributed by atoms with Gasteiger partial charge in [-0.2, -0.15) is 0 Å². The molecule has 74 valence electrons. The van der Waals surface area contributed by atoms with Crippen LogP contribution in [0.3, 0.4) is 0 Å². The molecule has 4 N–H and O–H groups in total. The molecule has 1 fully saturated rings. The molecule has 0 bridgehead atoms. The predicted octanol–water partition coefficient (Wildman–Crippen LogP) is -0.736. The monoisotopic (exact) mass is 196 g/mol. The zero-order valence-electron chi connectivity index (χ0n) is 7.37. The maximum Gasteiger partial charge on any atom is 0.174 e. The average molecular weight is 197 g/mol. The lowest BCUT2D eigenvalue weighted by Gasteiger charge is -2.39. The number of hydrogen-bond donors (Lipinski definition) is 4. The van der Waals surface area contributed by atoms with Crippen LogP contribution in [0.5, 0.6) is 0 Å². The van der Waals surface area contributed by atoms with E-state index in [0.29, 0.717) is 13.1 Å². The van der Waals surface area contributed by atoms with Gasteiger partial charge in [0.15, 0.2) is 5.85 Å². The third-order valence-electron chi connectivity index (χ3n) is 2.05. The molecule has 0 saturated carbocycles. The molecule has 0 atom stereocenters. The average Bonchev–Trinajstić information content (AvgIpc) is 1.95. The van der Waals surface area contributed by atoms with E-state index in [0.717, 1.165) is 0 Å². The van der Waals surface area contributed by atoms with Crippen LogP contribution in [0.25, 0.3) is 0 Å². The Bertz CT molecular complexity index is 135. The molecule has 0 unspecified atom stereocenters. The zero-order valence-corrected chi connectivity index (χ0v) is 8.19. The van der Waals surface area contributed by atoms with E-state index in [2.05, 4.69) is 10.6 Å². The Kier molecular flexibility index (Phi) is 4.44.